The zero-order valence-corrected chi connectivity index (χ0v) is 14.8. The quantitative estimate of drug-likeness (QED) is 0.880. The minimum Gasteiger partial charge on any atom is -0.481 e. The summed E-state index contributed by atoms with van der Waals surface area (Å²) in [5, 5.41) is 2.00. The van der Waals surface area contributed by atoms with Crippen LogP contribution in [0.4, 0.5) is 5.95 Å². The topological polar surface area (TPSA) is 78.8 Å². The number of carbonyl (C=O) groups is 1. The minimum absolute atomic E-state index is 0.189. The predicted octanol–water partition coefficient (Wildman–Crippen LogP) is 1.57. The number of hydrogen-bond acceptors (Lipinski definition) is 7. The van der Waals surface area contributed by atoms with Crippen LogP contribution in [0.25, 0.3) is 0 Å². The van der Waals surface area contributed by atoms with Crippen LogP contribution in [0.3, 0.4) is 0 Å². The van der Waals surface area contributed by atoms with Crippen LogP contribution in [0, 0.1) is 0 Å². The van der Waals surface area contributed by atoms with Crippen LogP contribution >= 0.6 is 23.2 Å². The highest BCUT2D eigenvalue weighted by molar-refractivity contribution is 7.10. The lowest BCUT2D eigenvalue weighted by Crippen LogP contribution is -2.49. The maximum Gasteiger partial charge on any atom is 0.228 e. The third-order valence-electron chi connectivity index (χ3n) is 3.65. The first-order chi connectivity index (χ1) is 11.8. The summed E-state index contributed by atoms with van der Waals surface area (Å²) < 4.78 is 11.6. The third kappa shape index (κ3) is 4.80. The molecule has 0 spiro atoms. The Morgan fingerprint density at radius 2 is 2.08 bits per heavy atom. The number of nitrogens with zero attached hydrogens (tertiary/aromatic N) is 4. The molecule has 0 bridgehead atoms. The molecule has 2 aromatic rings. The first-order valence-corrected chi connectivity index (χ1v) is 8.57. The van der Waals surface area contributed by atoms with Crippen LogP contribution in [0.1, 0.15) is 4.88 Å². The van der Waals surface area contributed by atoms with Gasteiger partial charge >= 0.3 is 0 Å². The Bertz CT molecular complexity index is 633. The van der Waals surface area contributed by atoms with Crippen LogP contribution in [0.2, 0.25) is 0 Å². The van der Waals surface area contributed by atoms with Crippen molar-refractivity contribution >= 4 is 35.1 Å². The van der Waals surface area contributed by atoms with Gasteiger partial charge in [0.2, 0.25) is 17.7 Å². The van der Waals surface area contributed by atoms with E-state index in [1.807, 2.05) is 22.4 Å². The third-order valence-corrected chi connectivity index (χ3v) is 4.52. The molecule has 3 rings (SSSR count). The van der Waals surface area contributed by atoms with Crippen LogP contribution in [-0.2, 0) is 11.2 Å². The van der Waals surface area contributed by atoms with Crippen molar-refractivity contribution < 1.29 is 14.2 Å². The molecule has 1 amide bonds. The molecule has 0 aromatic carbocycles. The molecule has 1 aliphatic rings. The maximum absolute atomic E-state index is 12.3. The zero-order valence-electron chi connectivity index (χ0n) is 13.3. The number of carbonyl (C=O) groups excluding carboxylic acids is 1. The van der Waals surface area contributed by atoms with Crippen molar-refractivity contribution in [2.75, 3.05) is 38.2 Å². The van der Waals surface area contributed by atoms with E-state index in [0.717, 1.165) is 18.0 Å². The first kappa shape index (κ1) is 18.4. The molecule has 130 valence electrons. The summed E-state index contributed by atoms with van der Waals surface area (Å²) in [4.78, 5) is 26.0. The summed E-state index contributed by atoms with van der Waals surface area (Å²) in [6.07, 6.45) is 2.18. The number of rotatable bonds is 4. The van der Waals surface area contributed by atoms with Gasteiger partial charge in [0, 0.05) is 43.3 Å². The van der Waals surface area contributed by atoms with Crippen molar-refractivity contribution in [1.82, 2.24) is 14.9 Å². The lowest BCUT2D eigenvalue weighted by molar-refractivity contribution is -0.130. The van der Waals surface area contributed by atoms with E-state index >= 15 is 0 Å². The molecule has 0 atom stereocenters. The molecule has 1 saturated heterocycles. The predicted molar refractivity (Wildman–Crippen MR) is 93.5 cm³/mol. The average Bonchev–Trinajstić information content (AvgIpc) is 3.16. The van der Waals surface area contributed by atoms with Crippen molar-refractivity contribution in [3.63, 3.8) is 0 Å². The number of amides is 1. The second-order valence-corrected chi connectivity index (χ2v) is 6.06. The van der Waals surface area contributed by atoms with Crippen molar-refractivity contribution in [2.45, 2.75) is 6.42 Å². The molecule has 9 heteroatoms. The number of ether oxygens (including phenoxy) is 1. The van der Waals surface area contributed by atoms with Gasteiger partial charge < -0.3 is 14.5 Å². The number of anilines is 1. The van der Waals surface area contributed by atoms with Crippen molar-refractivity contribution in [3.05, 3.63) is 34.7 Å². The second kappa shape index (κ2) is 9.41. The van der Waals surface area contributed by atoms with Crippen molar-refractivity contribution in [2.24, 2.45) is 0 Å². The van der Waals surface area contributed by atoms with E-state index in [1.165, 1.54) is 0 Å². The molecule has 7 nitrogen and oxygen atoms in total. The standard InChI is InChI=1S/C15H18N4O2S.ClHO/c1-21-13-4-5-16-15(17-13)19-8-6-18(7-9-19)14(20)11-12-3-2-10-22-12;1-2/h2-5,10H,6-9,11H2,1H3;2H. The Morgan fingerprint density at radius 3 is 2.71 bits per heavy atom. The normalized spacial score (nSPS) is 14.0. The summed E-state index contributed by atoms with van der Waals surface area (Å²) >= 11 is 5.26. The Labute approximate surface area is 149 Å². The van der Waals surface area contributed by atoms with E-state index in [2.05, 4.69) is 26.7 Å². The Balaban J connectivity index is 0.00000100. The number of aromatic nitrogens is 2. The highest BCUT2D eigenvalue weighted by Crippen LogP contribution is 2.16. The van der Waals surface area contributed by atoms with Crippen LogP contribution in [-0.4, -0.2) is 58.7 Å². The lowest BCUT2D eigenvalue weighted by Gasteiger charge is -2.34. The van der Waals surface area contributed by atoms with E-state index in [0.29, 0.717) is 31.3 Å². The van der Waals surface area contributed by atoms with Crippen LogP contribution in [0.15, 0.2) is 29.8 Å². The fraction of sp³-hybridized carbons (Fsp3) is 0.400. The molecule has 0 unspecified atom stereocenters. The van der Waals surface area contributed by atoms with Gasteiger partial charge in [-0.1, -0.05) is 6.07 Å². The summed E-state index contributed by atoms with van der Waals surface area (Å²) in [5.41, 5.74) is 0. The van der Waals surface area contributed by atoms with Gasteiger partial charge in [-0.3, -0.25) is 9.45 Å². The highest BCUT2D eigenvalue weighted by Gasteiger charge is 2.23. The fourth-order valence-electron chi connectivity index (χ4n) is 2.43. The van der Waals surface area contributed by atoms with Crippen molar-refractivity contribution in [3.8, 4) is 5.88 Å². The molecule has 2 aromatic heterocycles. The van der Waals surface area contributed by atoms with Gasteiger partial charge in [0.25, 0.3) is 0 Å². The Kier molecular flexibility index (Phi) is 7.23. The highest BCUT2D eigenvalue weighted by atomic mass is 35.5. The number of hydrogen-bond donors (Lipinski definition) is 1. The summed E-state index contributed by atoms with van der Waals surface area (Å²) in [5.74, 6) is 1.40. The van der Waals surface area contributed by atoms with Gasteiger partial charge in [-0.05, 0) is 11.4 Å². The lowest BCUT2D eigenvalue weighted by atomic mass is 10.2. The molecule has 3 heterocycles. The Morgan fingerprint density at radius 1 is 1.33 bits per heavy atom. The average molecular weight is 371 g/mol. The number of methoxy groups -OCH3 is 1. The van der Waals surface area contributed by atoms with Gasteiger partial charge in [0.15, 0.2) is 0 Å². The van der Waals surface area contributed by atoms with E-state index in [9.17, 15) is 4.79 Å². The van der Waals surface area contributed by atoms with Gasteiger partial charge in [-0.25, -0.2) is 4.98 Å². The van der Waals surface area contributed by atoms with Gasteiger partial charge in [-0.2, -0.15) is 4.98 Å². The monoisotopic (exact) mass is 370 g/mol. The molecular weight excluding hydrogens is 352 g/mol. The van der Waals surface area contributed by atoms with Gasteiger partial charge in [-0.15, -0.1) is 11.3 Å². The maximum atomic E-state index is 12.3. The molecular formula is C15H19ClN4O3S. The number of halogens is 1. The van der Waals surface area contributed by atoms with E-state index in [4.69, 9.17) is 9.40 Å². The largest absolute Gasteiger partial charge is 0.481 e. The summed E-state index contributed by atoms with van der Waals surface area (Å²) in [6, 6.07) is 5.71. The fourth-order valence-corrected chi connectivity index (χ4v) is 3.12. The second-order valence-electron chi connectivity index (χ2n) is 5.02. The smallest absolute Gasteiger partial charge is 0.228 e. The summed E-state index contributed by atoms with van der Waals surface area (Å²) in [6.45, 7) is 2.88. The first-order valence-electron chi connectivity index (χ1n) is 7.35. The van der Waals surface area contributed by atoms with Gasteiger partial charge in [0.1, 0.15) is 0 Å². The molecule has 0 saturated carbocycles. The molecule has 1 aliphatic heterocycles. The molecule has 1 N–H and O–H groups in total. The number of thiophene rings is 1. The molecule has 0 radical (unpaired) electrons. The Hall–Kier alpha value is -1.90. The SMILES string of the molecule is COc1ccnc(N2CCN(C(=O)Cc3cccs3)CC2)n1.OCl. The van der Waals surface area contributed by atoms with E-state index in [-0.39, 0.29) is 5.91 Å². The minimum atomic E-state index is 0.189. The molecule has 24 heavy (non-hydrogen) atoms. The van der Waals surface area contributed by atoms with E-state index < -0.39 is 0 Å². The number of piperazine rings is 1. The van der Waals surface area contributed by atoms with Crippen LogP contribution in [0.5, 0.6) is 5.88 Å². The van der Waals surface area contributed by atoms with Crippen molar-refractivity contribution in [1.29, 1.82) is 0 Å². The molecule has 1 fully saturated rings. The summed E-state index contributed by atoms with van der Waals surface area (Å²) in [7, 11) is 1.59. The van der Waals surface area contributed by atoms with Crippen LogP contribution < -0.4 is 9.64 Å². The molecule has 0 aliphatic carbocycles. The zero-order chi connectivity index (χ0) is 17.4. The van der Waals surface area contributed by atoms with Gasteiger partial charge in [0.05, 0.1) is 25.4 Å². The van der Waals surface area contributed by atoms with E-state index in [1.54, 1.807) is 30.7 Å².